The van der Waals surface area contributed by atoms with Crippen LogP contribution in [0.3, 0.4) is 0 Å². The number of benzene rings is 1. The van der Waals surface area contributed by atoms with Crippen molar-refractivity contribution in [1.29, 1.82) is 0 Å². The molecule has 1 aliphatic rings. The molecular formula is C18H22N4O3S. The van der Waals surface area contributed by atoms with Gasteiger partial charge in [-0.25, -0.2) is 9.78 Å². The van der Waals surface area contributed by atoms with Crippen molar-refractivity contribution in [2.45, 2.75) is 42.8 Å². The number of imidazole rings is 1. The van der Waals surface area contributed by atoms with Gasteiger partial charge in [0, 0.05) is 6.61 Å². The van der Waals surface area contributed by atoms with Gasteiger partial charge in [0.05, 0.1) is 29.8 Å². The summed E-state index contributed by atoms with van der Waals surface area (Å²) in [6.45, 7) is 3.17. The van der Waals surface area contributed by atoms with Crippen molar-refractivity contribution < 1.29 is 14.3 Å². The van der Waals surface area contributed by atoms with Crippen LogP contribution in [0.15, 0.2) is 41.7 Å². The van der Waals surface area contributed by atoms with E-state index in [9.17, 15) is 9.59 Å². The minimum Gasteiger partial charge on any atom is -0.376 e. The number of amides is 3. The number of hydrogen-bond donors (Lipinski definition) is 2. The number of urea groups is 1. The zero-order chi connectivity index (χ0) is 18.5. The van der Waals surface area contributed by atoms with Crippen LogP contribution in [0, 0.1) is 0 Å². The van der Waals surface area contributed by atoms with Crippen LogP contribution in [0.5, 0.6) is 0 Å². The molecule has 0 radical (unpaired) electrons. The minimum atomic E-state index is -0.852. The average molecular weight is 374 g/mol. The van der Waals surface area contributed by atoms with E-state index in [4.69, 9.17) is 10.5 Å². The first-order valence-corrected chi connectivity index (χ1v) is 9.42. The van der Waals surface area contributed by atoms with Crippen molar-refractivity contribution in [3.05, 3.63) is 36.5 Å². The SMILES string of the molecule is C[C@H](Sc1ncc(-c2ccccc2)n1C[C@H]1CCCO1)C(=O)NC(N)=O. The average Bonchev–Trinajstić information content (AvgIpc) is 3.26. The second-order valence-corrected chi connectivity index (χ2v) is 7.46. The number of aromatic nitrogens is 2. The molecule has 1 saturated heterocycles. The molecule has 26 heavy (non-hydrogen) atoms. The minimum absolute atomic E-state index is 0.140. The molecule has 1 aliphatic heterocycles. The third-order valence-corrected chi connectivity index (χ3v) is 5.30. The second-order valence-electron chi connectivity index (χ2n) is 6.15. The number of carbonyl (C=O) groups excluding carboxylic acids is 2. The molecule has 1 aromatic heterocycles. The van der Waals surface area contributed by atoms with Gasteiger partial charge in [-0.2, -0.15) is 0 Å². The molecule has 0 unspecified atom stereocenters. The number of ether oxygens (including phenoxy) is 1. The van der Waals surface area contributed by atoms with Gasteiger partial charge in [-0.3, -0.25) is 10.1 Å². The zero-order valence-electron chi connectivity index (χ0n) is 14.6. The summed E-state index contributed by atoms with van der Waals surface area (Å²) in [5.74, 6) is -0.435. The van der Waals surface area contributed by atoms with Crippen molar-refractivity contribution >= 4 is 23.7 Å². The van der Waals surface area contributed by atoms with E-state index in [1.54, 1.807) is 6.92 Å². The lowest BCUT2D eigenvalue weighted by Crippen LogP contribution is -2.39. The summed E-state index contributed by atoms with van der Waals surface area (Å²) in [4.78, 5) is 27.4. The molecule has 0 saturated carbocycles. The fourth-order valence-corrected chi connectivity index (χ4v) is 3.79. The molecule has 2 heterocycles. The molecule has 1 aromatic carbocycles. The summed E-state index contributed by atoms with van der Waals surface area (Å²) >= 11 is 1.30. The predicted molar refractivity (Wildman–Crippen MR) is 99.7 cm³/mol. The first kappa shape index (κ1) is 18.5. The summed E-state index contributed by atoms with van der Waals surface area (Å²) in [6, 6.07) is 9.13. The van der Waals surface area contributed by atoms with Gasteiger partial charge in [0.2, 0.25) is 5.91 Å². The number of nitrogens with two attached hydrogens (primary N) is 1. The van der Waals surface area contributed by atoms with Crippen LogP contribution in [0.4, 0.5) is 4.79 Å². The number of carbonyl (C=O) groups is 2. The van der Waals surface area contributed by atoms with E-state index in [0.29, 0.717) is 11.7 Å². The van der Waals surface area contributed by atoms with Gasteiger partial charge in [0.15, 0.2) is 5.16 Å². The van der Waals surface area contributed by atoms with Gasteiger partial charge in [0.25, 0.3) is 0 Å². The standard InChI is InChI=1S/C18H22N4O3S/c1-12(16(23)21-17(19)24)26-18-20-10-15(13-6-3-2-4-7-13)22(18)11-14-8-5-9-25-14/h2-4,6-7,10,12,14H,5,8-9,11H2,1H3,(H3,19,21,23,24)/t12-,14+/m0/s1. The molecule has 3 rings (SSSR count). The second kappa shape index (κ2) is 8.37. The normalized spacial score (nSPS) is 17.8. The first-order valence-electron chi connectivity index (χ1n) is 8.54. The third-order valence-electron chi connectivity index (χ3n) is 4.20. The van der Waals surface area contributed by atoms with Crippen molar-refractivity contribution in [2.75, 3.05) is 6.61 Å². The van der Waals surface area contributed by atoms with Crippen LogP contribution < -0.4 is 11.1 Å². The van der Waals surface area contributed by atoms with Gasteiger partial charge in [0.1, 0.15) is 0 Å². The predicted octanol–water partition coefficient (Wildman–Crippen LogP) is 2.40. The number of nitrogens with one attached hydrogen (secondary N) is 1. The number of imide groups is 1. The lowest BCUT2D eigenvalue weighted by atomic mass is 10.1. The Morgan fingerprint density at radius 2 is 2.19 bits per heavy atom. The third kappa shape index (κ3) is 4.44. The molecule has 3 amide bonds. The molecule has 0 aliphatic carbocycles. The number of primary amides is 1. The fraction of sp³-hybridized carbons (Fsp3) is 0.389. The Morgan fingerprint density at radius 1 is 1.42 bits per heavy atom. The smallest absolute Gasteiger partial charge is 0.318 e. The summed E-state index contributed by atoms with van der Waals surface area (Å²) in [7, 11) is 0. The molecule has 138 valence electrons. The molecule has 8 heteroatoms. The monoisotopic (exact) mass is 374 g/mol. The van der Waals surface area contributed by atoms with Crippen molar-refractivity contribution in [2.24, 2.45) is 5.73 Å². The zero-order valence-corrected chi connectivity index (χ0v) is 15.4. The maximum atomic E-state index is 12.0. The molecule has 1 fully saturated rings. The Labute approximate surface area is 156 Å². The highest BCUT2D eigenvalue weighted by Crippen LogP contribution is 2.30. The first-order chi connectivity index (χ1) is 12.5. The topological polar surface area (TPSA) is 99.2 Å². The van der Waals surface area contributed by atoms with Crippen molar-refractivity contribution in [3.8, 4) is 11.3 Å². The van der Waals surface area contributed by atoms with E-state index >= 15 is 0 Å². The largest absolute Gasteiger partial charge is 0.376 e. The summed E-state index contributed by atoms with van der Waals surface area (Å²) < 4.78 is 7.87. The van der Waals surface area contributed by atoms with E-state index in [0.717, 1.165) is 30.7 Å². The number of nitrogens with zero attached hydrogens (tertiary/aromatic N) is 2. The Morgan fingerprint density at radius 3 is 2.85 bits per heavy atom. The van der Waals surface area contributed by atoms with E-state index in [1.165, 1.54) is 11.8 Å². The maximum Gasteiger partial charge on any atom is 0.318 e. The lowest BCUT2D eigenvalue weighted by Gasteiger charge is -2.17. The Balaban J connectivity index is 1.85. The van der Waals surface area contributed by atoms with E-state index < -0.39 is 17.2 Å². The molecular weight excluding hydrogens is 352 g/mol. The quantitative estimate of drug-likeness (QED) is 0.757. The van der Waals surface area contributed by atoms with Gasteiger partial charge < -0.3 is 15.0 Å². The van der Waals surface area contributed by atoms with Gasteiger partial charge in [-0.1, -0.05) is 42.1 Å². The highest BCUT2D eigenvalue weighted by Gasteiger charge is 2.23. The lowest BCUT2D eigenvalue weighted by molar-refractivity contribution is -0.119. The van der Waals surface area contributed by atoms with E-state index in [2.05, 4.69) is 14.9 Å². The number of thioether (sulfide) groups is 1. The molecule has 7 nitrogen and oxygen atoms in total. The van der Waals surface area contributed by atoms with E-state index in [1.807, 2.05) is 36.5 Å². The van der Waals surface area contributed by atoms with Crippen LogP contribution in [-0.4, -0.2) is 39.5 Å². The molecule has 2 atom stereocenters. The van der Waals surface area contributed by atoms with Gasteiger partial charge in [-0.05, 0) is 25.3 Å². The van der Waals surface area contributed by atoms with E-state index in [-0.39, 0.29) is 6.10 Å². The van der Waals surface area contributed by atoms with Crippen LogP contribution in [0.25, 0.3) is 11.3 Å². The van der Waals surface area contributed by atoms with Crippen molar-refractivity contribution in [3.63, 3.8) is 0 Å². The van der Waals surface area contributed by atoms with Gasteiger partial charge in [-0.15, -0.1) is 0 Å². The highest BCUT2D eigenvalue weighted by atomic mass is 32.2. The Bertz CT molecular complexity index is 772. The Hall–Kier alpha value is -2.32. The molecule has 0 spiro atoms. The maximum absolute atomic E-state index is 12.0. The summed E-state index contributed by atoms with van der Waals surface area (Å²) in [5.41, 5.74) is 7.06. The van der Waals surface area contributed by atoms with Gasteiger partial charge >= 0.3 is 6.03 Å². The van der Waals surface area contributed by atoms with Crippen LogP contribution >= 0.6 is 11.8 Å². The van der Waals surface area contributed by atoms with Crippen LogP contribution in [0.2, 0.25) is 0 Å². The fourth-order valence-electron chi connectivity index (χ4n) is 2.90. The van der Waals surface area contributed by atoms with Crippen molar-refractivity contribution in [1.82, 2.24) is 14.9 Å². The molecule has 0 bridgehead atoms. The Kier molecular flexibility index (Phi) is 5.95. The number of rotatable bonds is 6. The van der Waals surface area contributed by atoms with Crippen LogP contribution in [0.1, 0.15) is 19.8 Å². The molecule has 3 N–H and O–H groups in total. The van der Waals surface area contributed by atoms with Crippen LogP contribution in [-0.2, 0) is 16.1 Å². The summed E-state index contributed by atoms with van der Waals surface area (Å²) in [5, 5.41) is 2.32. The summed E-state index contributed by atoms with van der Waals surface area (Å²) in [6.07, 6.45) is 4.01. The number of hydrogen-bond acceptors (Lipinski definition) is 5. The molecule has 2 aromatic rings. The highest BCUT2D eigenvalue weighted by molar-refractivity contribution is 8.00.